The summed E-state index contributed by atoms with van der Waals surface area (Å²) in [5.41, 5.74) is 6.18. The fraction of sp³-hybridized carbons (Fsp3) is 0.286. The SMILES string of the molecule is CC(C)c1cccc(C(C)C)c1-c1cnn(-c2cccc(Cl)c2)c1. The average molecular weight is 339 g/mol. The van der Waals surface area contributed by atoms with Crippen LogP contribution in [0.1, 0.15) is 50.7 Å². The molecular formula is C21H23ClN2. The van der Waals surface area contributed by atoms with Crippen LogP contribution in [0.25, 0.3) is 16.8 Å². The first kappa shape index (κ1) is 16.8. The molecule has 0 unspecified atom stereocenters. The van der Waals surface area contributed by atoms with E-state index in [0.29, 0.717) is 11.8 Å². The number of aromatic nitrogens is 2. The Balaban J connectivity index is 2.13. The van der Waals surface area contributed by atoms with Crippen LogP contribution in [-0.4, -0.2) is 9.78 Å². The third-order valence-corrected chi connectivity index (χ3v) is 4.55. The number of hydrogen-bond donors (Lipinski definition) is 0. The van der Waals surface area contributed by atoms with Crippen LogP contribution < -0.4 is 0 Å². The van der Waals surface area contributed by atoms with Gasteiger partial charge in [-0.2, -0.15) is 5.10 Å². The number of nitrogens with zero attached hydrogens (tertiary/aromatic N) is 2. The van der Waals surface area contributed by atoms with Gasteiger partial charge in [-0.25, -0.2) is 4.68 Å². The molecule has 2 aromatic carbocycles. The van der Waals surface area contributed by atoms with E-state index >= 15 is 0 Å². The van der Waals surface area contributed by atoms with Gasteiger partial charge in [0.15, 0.2) is 0 Å². The van der Waals surface area contributed by atoms with Gasteiger partial charge in [0.25, 0.3) is 0 Å². The van der Waals surface area contributed by atoms with E-state index in [1.54, 1.807) is 0 Å². The summed E-state index contributed by atoms with van der Waals surface area (Å²) in [4.78, 5) is 0. The van der Waals surface area contributed by atoms with E-state index in [9.17, 15) is 0 Å². The van der Waals surface area contributed by atoms with Crippen molar-refractivity contribution in [2.75, 3.05) is 0 Å². The molecule has 0 radical (unpaired) electrons. The summed E-state index contributed by atoms with van der Waals surface area (Å²) in [6, 6.07) is 14.4. The lowest BCUT2D eigenvalue weighted by Crippen LogP contribution is -1.99. The number of halogens is 1. The van der Waals surface area contributed by atoms with Crippen molar-refractivity contribution >= 4 is 11.6 Å². The summed E-state index contributed by atoms with van der Waals surface area (Å²) in [6.45, 7) is 8.96. The quantitative estimate of drug-likeness (QED) is 0.535. The molecule has 0 N–H and O–H groups in total. The minimum Gasteiger partial charge on any atom is -0.240 e. The lowest BCUT2D eigenvalue weighted by Gasteiger charge is -2.18. The average Bonchev–Trinajstić information content (AvgIpc) is 3.03. The Morgan fingerprint density at radius 1 is 0.917 bits per heavy atom. The van der Waals surface area contributed by atoms with Gasteiger partial charge >= 0.3 is 0 Å². The zero-order valence-electron chi connectivity index (χ0n) is 14.6. The fourth-order valence-corrected chi connectivity index (χ4v) is 3.28. The third-order valence-electron chi connectivity index (χ3n) is 4.32. The van der Waals surface area contributed by atoms with Gasteiger partial charge in [-0.3, -0.25) is 0 Å². The molecule has 0 aliphatic rings. The molecule has 0 aliphatic heterocycles. The Kier molecular flexibility index (Phi) is 4.77. The van der Waals surface area contributed by atoms with E-state index in [1.807, 2.05) is 35.1 Å². The monoisotopic (exact) mass is 338 g/mol. The van der Waals surface area contributed by atoms with Crippen LogP contribution in [-0.2, 0) is 0 Å². The molecule has 2 nitrogen and oxygen atoms in total. The van der Waals surface area contributed by atoms with Crippen LogP contribution in [0.4, 0.5) is 0 Å². The molecule has 124 valence electrons. The second kappa shape index (κ2) is 6.82. The molecule has 24 heavy (non-hydrogen) atoms. The van der Waals surface area contributed by atoms with E-state index in [2.05, 4.69) is 57.2 Å². The van der Waals surface area contributed by atoms with Crippen molar-refractivity contribution < 1.29 is 0 Å². The van der Waals surface area contributed by atoms with Gasteiger partial charge in [0.1, 0.15) is 0 Å². The van der Waals surface area contributed by atoms with Crippen molar-refractivity contribution in [1.82, 2.24) is 9.78 Å². The topological polar surface area (TPSA) is 17.8 Å². The number of benzene rings is 2. The van der Waals surface area contributed by atoms with Gasteiger partial charge in [0.2, 0.25) is 0 Å². The summed E-state index contributed by atoms with van der Waals surface area (Å²) in [5, 5.41) is 5.28. The molecule has 0 saturated carbocycles. The molecule has 0 fully saturated rings. The first-order valence-electron chi connectivity index (χ1n) is 8.41. The van der Waals surface area contributed by atoms with Gasteiger partial charge in [-0.1, -0.05) is 63.6 Å². The van der Waals surface area contributed by atoms with Crippen LogP contribution in [0.15, 0.2) is 54.9 Å². The summed E-state index contributed by atoms with van der Waals surface area (Å²) in [6.07, 6.45) is 4.05. The largest absolute Gasteiger partial charge is 0.240 e. The Hall–Kier alpha value is -2.06. The van der Waals surface area contributed by atoms with Crippen molar-refractivity contribution in [2.45, 2.75) is 39.5 Å². The van der Waals surface area contributed by atoms with Crippen LogP contribution in [0.5, 0.6) is 0 Å². The molecule has 0 atom stereocenters. The molecule has 1 heterocycles. The van der Waals surface area contributed by atoms with Crippen molar-refractivity contribution in [3.63, 3.8) is 0 Å². The second-order valence-corrected chi connectivity index (χ2v) is 7.21. The number of rotatable bonds is 4. The minimum atomic E-state index is 0.466. The lowest BCUT2D eigenvalue weighted by molar-refractivity contribution is 0.838. The zero-order chi connectivity index (χ0) is 17.3. The van der Waals surface area contributed by atoms with Crippen LogP contribution in [0.3, 0.4) is 0 Å². The van der Waals surface area contributed by atoms with Crippen molar-refractivity contribution in [3.05, 3.63) is 71.0 Å². The van der Waals surface area contributed by atoms with Gasteiger partial charge in [-0.15, -0.1) is 0 Å². The zero-order valence-corrected chi connectivity index (χ0v) is 15.4. The highest BCUT2D eigenvalue weighted by Gasteiger charge is 2.16. The van der Waals surface area contributed by atoms with E-state index in [4.69, 9.17) is 11.6 Å². The Bertz CT molecular complexity index is 820. The summed E-state index contributed by atoms with van der Waals surface area (Å²) >= 11 is 6.11. The molecule has 0 saturated heterocycles. The molecular weight excluding hydrogens is 316 g/mol. The highest BCUT2D eigenvalue weighted by Crippen LogP contribution is 2.36. The smallest absolute Gasteiger partial charge is 0.0660 e. The molecule has 0 spiro atoms. The van der Waals surface area contributed by atoms with E-state index < -0.39 is 0 Å². The Morgan fingerprint density at radius 2 is 1.54 bits per heavy atom. The van der Waals surface area contributed by atoms with Crippen molar-refractivity contribution in [1.29, 1.82) is 0 Å². The summed E-state index contributed by atoms with van der Waals surface area (Å²) in [5.74, 6) is 0.932. The summed E-state index contributed by atoms with van der Waals surface area (Å²) in [7, 11) is 0. The van der Waals surface area contributed by atoms with Gasteiger partial charge < -0.3 is 0 Å². The fourth-order valence-electron chi connectivity index (χ4n) is 3.10. The van der Waals surface area contributed by atoms with Crippen molar-refractivity contribution in [2.24, 2.45) is 0 Å². The maximum Gasteiger partial charge on any atom is 0.0660 e. The highest BCUT2D eigenvalue weighted by atomic mass is 35.5. The Morgan fingerprint density at radius 3 is 2.12 bits per heavy atom. The second-order valence-electron chi connectivity index (χ2n) is 6.77. The van der Waals surface area contributed by atoms with Gasteiger partial charge in [-0.05, 0) is 46.7 Å². The van der Waals surface area contributed by atoms with E-state index in [0.717, 1.165) is 16.3 Å². The Labute approximate surface area is 149 Å². The molecule has 0 amide bonds. The molecule has 3 rings (SSSR count). The minimum absolute atomic E-state index is 0.466. The van der Waals surface area contributed by atoms with E-state index in [1.165, 1.54) is 16.7 Å². The molecule has 3 aromatic rings. The molecule has 1 aromatic heterocycles. The maximum atomic E-state index is 6.11. The van der Waals surface area contributed by atoms with E-state index in [-0.39, 0.29) is 0 Å². The maximum absolute atomic E-state index is 6.11. The first-order chi connectivity index (χ1) is 11.5. The number of hydrogen-bond acceptors (Lipinski definition) is 1. The molecule has 0 aliphatic carbocycles. The predicted molar refractivity (Wildman–Crippen MR) is 102 cm³/mol. The van der Waals surface area contributed by atoms with Crippen LogP contribution in [0, 0.1) is 0 Å². The van der Waals surface area contributed by atoms with Crippen molar-refractivity contribution in [3.8, 4) is 16.8 Å². The summed E-state index contributed by atoms with van der Waals surface area (Å²) < 4.78 is 1.89. The molecule has 3 heteroatoms. The van der Waals surface area contributed by atoms with Crippen LogP contribution in [0.2, 0.25) is 5.02 Å². The third kappa shape index (κ3) is 3.25. The normalized spacial score (nSPS) is 11.5. The van der Waals surface area contributed by atoms with Gasteiger partial charge in [0, 0.05) is 16.8 Å². The molecule has 0 bridgehead atoms. The van der Waals surface area contributed by atoms with Crippen LogP contribution >= 0.6 is 11.6 Å². The van der Waals surface area contributed by atoms with Gasteiger partial charge in [0.05, 0.1) is 11.9 Å². The highest BCUT2D eigenvalue weighted by molar-refractivity contribution is 6.30. The lowest BCUT2D eigenvalue weighted by atomic mass is 9.86. The predicted octanol–water partition coefficient (Wildman–Crippen LogP) is 6.44. The first-order valence-corrected chi connectivity index (χ1v) is 8.79. The standard InChI is InChI=1S/C21H23ClN2/c1-14(2)19-9-6-10-20(15(3)4)21(19)16-12-23-24(13-16)18-8-5-7-17(22)11-18/h5-15H,1-4H3.